The van der Waals surface area contributed by atoms with Crippen molar-refractivity contribution in [1.82, 2.24) is 5.43 Å². The van der Waals surface area contributed by atoms with Crippen LogP contribution in [0.25, 0.3) is 0 Å². The van der Waals surface area contributed by atoms with Crippen molar-refractivity contribution in [2.45, 2.75) is 26.7 Å². The Balaban J connectivity index is 2.19. The zero-order valence-electron chi connectivity index (χ0n) is 6.54. The van der Waals surface area contributed by atoms with E-state index in [1.54, 1.807) is 6.20 Å². The fraction of sp³-hybridized carbons (Fsp3) is 0.625. The summed E-state index contributed by atoms with van der Waals surface area (Å²) in [5, 5.41) is 3.94. The molecular formula is C8H13N2. The molecule has 1 aliphatic heterocycles. The topological polar surface area (TPSA) is 26.5 Å². The Kier molecular flexibility index (Phi) is 2.49. The molecule has 1 heterocycles. The van der Waals surface area contributed by atoms with Crippen molar-refractivity contribution in [3.8, 4) is 0 Å². The fourth-order valence-corrected chi connectivity index (χ4v) is 0.830. The number of hydrogen-bond donors (Lipinski definition) is 0. The Morgan fingerprint density at radius 1 is 1.50 bits per heavy atom. The molecule has 0 spiro atoms. The van der Waals surface area contributed by atoms with Gasteiger partial charge in [-0.15, -0.1) is 0 Å². The Morgan fingerprint density at radius 2 is 2.30 bits per heavy atom. The summed E-state index contributed by atoms with van der Waals surface area (Å²) < 4.78 is 0. The molecule has 0 saturated heterocycles. The second-order valence-corrected chi connectivity index (χ2v) is 2.96. The summed E-state index contributed by atoms with van der Waals surface area (Å²) >= 11 is 0. The van der Waals surface area contributed by atoms with Crippen molar-refractivity contribution in [3.63, 3.8) is 0 Å². The molecule has 0 bridgehead atoms. The minimum absolute atomic E-state index is 0.761. The van der Waals surface area contributed by atoms with Gasteiger partial charge in [-0.3, -0.25) is 0 Å². The minimum atomic E-state index is 0.761. The number of nitrogens with zero attached hydrogens (tertiary/aromatic N) is 2. The maximum atomic E-state index is 3.94. The average molecular weight is 137 g/mol. The van der Waals surface area contributed by atoms with Crippen LogP contribution in [0.1, 0.15) is 26.7 Å². The molecular weight excluding hydrogens is 124 g/mol. The van der Waals surface area contributed by atoms with E-state index in [-0.39, 0.29) is 0 Å². The number of hydrogen-bond acceptors (Lipinski definition) is 1. The summed E-state index contributed by atoms with van der Waals surface area (Å²) in [6.07, 6.45) is 5.99. The van der Waals surface area contributed by atoms with Crippen LogP contribution in [0.15, 0.2) is 17.4 Å². The summed E-state index contributed by atoms with van der Waals surface area (Å²) in [5.74, 6) is 0.761. The second kappa shape index (κ2) is 3.40. The third-order valence-corrected chi connectivity index (χ3v) is 1.50. The van der Waals surface area contributed by atoms with Gasteiger partial charge >= 0.3 is 0 Å². The van der Waals surface area contributed by atoms with Crippen LogP contribution in [-0.2, 0) is 0 Å². The van der Waals surface area contributed by atoms with E-state index in [9.17, 15) is 0 Å². The average Bonchev–Trinajstić information content (AvgIpc) is 2.34. The van der Waals surface area contributed by atoms with E-state index >= 15 is 0 Å². The molecule has 0 N–H and O–H groups in total. The van der Waals surface area contributed by atoms with Crippen molar-refractivity contribution >= 4 is 5.71 Å². The lowest BCUT2D eigenvalue weighted by Gasteiger charge is -2.00. The van der Waals surface area contributed by atoms with Crippen LogP contribution < -0.4 is 5.43 Å². The fourth-order valence-electron chi connectivity index (χ4n) is 0.830. The van der Waals surface area contributed by atoms with Crippen molar-refractivity contribution in [3.05, 3.63) is 12.3 Å². The quantitative estimate of drug-likeness (QED) is 0.568. The monoisotopic (exact) mass is 137 g/mol. The molecule has 0 aromatic carbocycles. The highest BCUT2D eigenvalue weighted by molar-refractivity contribution is 5.95. The van der Waals surface area contributed by atoms with Gasteiger partial charge in [0.25, 0.3) is 0 Å². The molecule has 0 saturated carbocycles. The van der Waals surface area contributed by atoms with Crippen molar-refractivity contribution in [2.75, 3.05) is 0 Å². The highest BCUT2D eigenvalue weighted by Gasteiger charge is 2.01. The van der Waals surface area contributed by atoms with E-state index in [4.69, 9.17) is 0 Å². The van der Waals surface area contributed by atoms with Gasteiger partial charge in [-0.1, -0.05) is 13.8 Å². The van der Waals surface area contributed by atoms with Gasteiger partial charge in [0.2, 0.25) is 0 Å². The molecule has 0 amide bonds. The van der Waals surface area contributed by atoms with E-state index in [1.165, 1.54) is 6.42 Å². The molecule has 10 heavy (non-hydrogen) atoms. The molecule has 1 aliphatic rings. The maximum Gasteiger partial charge on any atom is 0.0646 e. The SMILES string of the molecule is CC(C)CCC1=N[N]C=C1. The number of allylic oxidation sites excluding steroid dienone is 1. The Morgan fingerprint density at radius 3 is 2.80 bits per heavy atom. The van der Waals surface area contributed by atoms with Crippen LogP contribution in [0, 0.1) is 5.92 Å². The van der Waals surface area contributed by atoms with Crippen LogP contribution in [0.2, 0.25) is 0 Å². The molecule has 2 heteroatoms. The lowest BCUT2D eigenvalue weighted by Crippen LogP contribution is -1.95. The minimum Gasteiger partial charge on any atom is -0.159 e. The van der Waals surface area contributed by atoms with Crippen LogP contribution in [0.3, 0.4) is 0 Å². The van der Waals surface area contributed by atoms with Gasteiger partial charge in [-0.05, 0) is 24.8 Å². The van der Waals surface area contributed by atoms with E-state index in [0.717, 1.165) is 18.1 Å². The summed E-state index contributed by atoms with van der Waals surface area (Å²) in [4.78, 5) is 0. The zero-order chi connectivity index (χ0) is 7.40. The maximum absolute atomic E-state index is 3.94. The summed E-state index contributed by atoms with van der Waals surface area (Å²) in [6.45, 7) is 4.44. The Hall–Kier alpha value is -0.790. The molecule has 0 unspecified atom stereocenters. The zero-order valence-corrected chi connectivity index (χ0v) is 6.54. The van der Waals surface area contributed by atoms with E-state index in [0.29, 0.717) is 0 Å². The van der Waals surface area contributed by atoms with Gasteiger partial charge in [0.1, 0.15) is 0 Å². The molecule has 2 nitrogen and oxygen atoms in total. The number of rotatable bonds is 3. The van der Waals surface area contributed by atoms with E-state index < -0.39 is 0 Å². The van der Waals surface area contributed by atoms with Gasteiger partial charge in [-0.25, -0.2) is 0 Å². The molecule has 0 aromatic rings. The third-order valence-electron chi connectivity index (χ3n) is 1.50. The summed E-state index contributed by atoms with van der Waals surface area (Å²) in [5.41, 5.74) is 4.87. The highest BCUT2D eigenvalue weighted by atomic mass is 15.3. The molecule has 0 fully saturated rings. The first-order valence-corrected chi connectivity index (χ1v) is 3.72. The third kappa shape index (κ3) is 2.21. The van der Waals surface area contributed by atoms with Gasteiger partial charge in [-0.2, -0.15) is 10.5 Å². The van der Waals surface area contributed by atoms with E-state index in [2.05, 4.69) is 24.4 Å². The van der Waals surface area contributed by atoms with Crippen molar-refractivity contribution < 1.29 is 0 Å². The molecule has 0 atom stereocenters. The molecule has 0 aliphatic carbocycles. The molecule has 0 aromatic heterocycles. The first-order valence-electron chi connectivity index (χ1n) is 3.72. The van der Waals surface area contributed by atoms with Crippen molar-refractivity contribution in [1.29, 1.82) is 0 Å². The molecule has 1 rings (SSSR count). The normalized spacial score (nSPS) is 15.7. The summed E-state index contributed by atoms with van der Waals surface area (Å²) in [6, 6.07) is 0. The first kappa shape index (κ1) is 7.32. The Bertz CT molecular complexity index is 157. The Labute approximate surface area is 62.0 Å². The summed E-state index contributed by atoms with van der Waals surface area (Å²) in [7, 11) is 0. The van der Waals surface area contributed by atoms with Gasteiger partial charge < -0.3 is 0 Å². The van der Waals surface area contributed by atoms with Crippen LogP contribution in [-0.4, -0.2) is 5.71 Å². The molecule has 1 radical (unpaired) electrons. The van der Waals surface area contributed by atoms with Gasteiger partial charge in [0.05, 0.1) is 11.9 Å². The van der Waals surface area contributed by atoms with E-state index in [1.807, 2.05) is 6.08 Å². The lowest BCUT2D eigenvalue weighted by molar-refractivity contribution is 0.603. The van der Waals surface area contributed by atoms with Crippen LogP contribution >= 0.6 is 0 Å². The van der Waals surface area contributed by atoms with Crippen LogP contribution in [0.5, 0.6) is 0 Å². The predicted molar refractivity (Wildman–Crippen MR) is 42.8 cm³/mol. The first-order chi connectivity index (χ1) is 4.79. The predicted octanol–water partition coefficient (Wildman–Crippen LogP) is 1.91. The van der Waals surface area contributed by atoms with Gasteiger partial charge in [0.15, 0.2) is 0 Å². The van der Waals surface area contributed by atoms with Crippen molar-refractivity contribution in [2.24, 2.45) is 11.0 Å². The highest BCUT2D eigenvalue weighted by Crippen LogP contribution is 2.06. The second-order valence-electron chi connectivity index (χ2n) is 2.96. The smallest absolute Gasteiger partial charge is 0.0646 e. The lowest BCUT2D eigenvalue weighted by atomic mass is 10.1. The van der Waals surface area contributed by atoms with Crippen LogP contribution in [0.4, 0.5) is 0 Å². The largest absolute Gasteiger partial charge is 0.159 e. The molecule has 55 valence electrons. The van der Waals surface area contributed by atoms with Gasteiger partial charge in [0, 0.05) is 0 Å². The standard InChI is InChI=1S/C8H13N2/c1-7(2)3-4-8-5-6-9-10-8/h5-7H,3-4H2,1-2H3.